The van der Waals surface area contributed by atoms with Crippen LogP contribution in [0.1, 0.15) is 53.7 Å². The highest BCUT2D eigenvalue weighted by Gasteiger charge is 2.46. The quantitative estimate of drug-likeness (QED) is 0.540. The van der Waals surface area contributed by atoms with Crippen LogP contribution in [0.5, 0.6) is 0 Å². The van der Waals surface area contributed by atoms with Crippen LogP contribution < -0.4 is 4.90 Å². The summed E-state index contributed by atoms with van der Waals surface area (Å²) in [4.78, 5) is 6.70. The van der Waals surface area contributed by atoms with Gasteiger partial charge in [0.05, 0.1) is 0 Å². The second-order valence-electron chi connectivity index (χ2n) is 8.81. The largest absolute Gasteiger partial charge is 0.354 e. The first-order valence-corrected chi connectivity index (χ1v) is 11.9. The first kappa shape index (κ1) is 18.4. The molecular formula is C21H31FN2Si. The Morgan fingerprint density at radius 3 is 2.12 bits per heavy atom. The highest BCUT2D eigenvalue weighted by atomic mass is 28.3. The average molecular weight is 359 g/mol. The Bertz CT molecular complexity index is 670. The molecule has 136 valence electrons. The number of hydrogen-bond acceptors (Lipinski definition) is 2. The van der Waals surface area contributed by atoms with Gasteiger partial charge in [-0.15, -0.1) is 5.54 Å². The van der Waals surface area contributed by atoms with Crippen LogP contribution in [0.2, 0.25) is 16.6 Å². The molecule has 0 spiro atoms. The summed E-state index contributed by atoms with van der Waals surface area (Å²) >= 11 is 0. The van der Waals surface area contributed by atoms with E-state index < -0.39 is 8.07 Å². The van der Waals surface area contributed by atoms with Gasteiger partial charge in [-0.25, -0.2) is 9.37 Å². The Labute approximate surface area is 153 Å². The average Bonchev–Trinajstić information content (AvgIpc) is 3.14. The molecule has 4 heteroatoms. The van der Waals surface area contributed by atoms with Gasteiger partial charge in [-0.1, -0.05) is 47.5 Å². The van der Waals surface area contributed by atoms with E-state index in [9.17, 15) is 4.39 Å². The van der Waals surface area contributed by atoms with E-state index in [1.807, 2.05) is 0 Å². The second kappa shape index (κ2) is 6.76. The summed E-state index contributed by atoms with van der Waals surface area (Å²) in [5, 5.41) is 0. The number of anilines is 1. The molecule has 1 aromatic rings. The fraction of sp³-hybridized carbons (Fsp3) is 0.667. The number of aromatic nitrogens is 1. The predicted molar refractivity (Wildman–Crippen MR) is 106 cm³/mol. The fourth-order valence-electron chi connectivity index (χ4n) is 4.90. The molecule has 0 aromatic carbocycles. The minimum Gasteiger partial charge on any atom is -0.354 e. The Balaban J connectivity index is 1.91. The summed E-state index contributed by atoms with van der Waals surface area (Å²) in [5.41, 5.74) is 6.17. The summed E-state index contributed by atoms with van der Waals surface area (Å²) in [6.45, 7) is 15.7. The van der Waals surface area contributed by atoms with E-state index in [-0.39, 0.29) is 5.82 Å². The molecule has 2 fully saturated rings. The van der Waals surface area contributed by atoms with E-state index in [1.165, 1.54) is 6.42 Å². The van der Waals surface area contributed by atoms with E-state index in [0.717, 1.165) is 30.6 Å². The summed E-state index contributed by atoms with van der Waals surface area (Å²) in [5.74, 6) is 5.16. The zero-order valence-corrected chi connectivity index (χ0v) is 17.4. The van der Waals surface area contributed by atoms with Crippen molar-refractivity contribution in [1.82, 2.24) is 4.98 Å². The lowest BCUT2D eigenvalue weighted by molar-refractivity contribution is 0.610. The highest BCUT2D eigenvalue weighted by Crippen LogP contribution is 2.46. The number of pyridine rings is 1. The van der Waals surface area contributed by atoms with Gasteiger partial charge < -0.3 is 4.90 Å². The normalized spacial score (nSPS) is 22.4. The smallest absolute Gasteiger partial charge is 0.166 e. The van der Waals surface area contributed by atoms with Crippen LogP contribution in [0.15, 0.2) is 12.1 Å². The molecule has 2 unspecified atom stereocenters. The van der Waals surface area contributed by atoms with Crippen LogP contribution in [0.4, 0.5) is 10.2 Å². The fourth-order valence-corrected chi connectivity index (χ4v) is 10.1. The lowest BCUT2D eigenvalue weighted by atomic mass is 10.3. The molecule has 0 radical (unpaired) electrons. The number of halogens is 1. The van der Waals surface area contributed by atoms with Crippen molar-refractivity contribution in [2.75, 3.05) is 18.0 Å². The van der Waals surface area contributed by atoms with Crippen molar-refractivity contribution in [3.05, 3.63) is 23.6 Å². The van der Waals surface area contributed by atoms with Gasteiger partial charge in [-0.05, 0) is 47.0 Å². The van der Waals surface area contributed by atoms with Crippen molar-refractivity contribution in [2.45, 2.75) is 64.6 Å². The minimum absolute atomic E-state index is 0.216. The first-order chi connectivity index (χ1) is 11.8. The third-order valence-corrected chi connectivity index (χ3v) is 12.7. The molecule has 2 aliphatic rings. The third-order valence-electron chi connectivity index (χ3n) is 6.38. The summed E-state index contributed by atoms with van der Waals surface area (Å²) in [7, 11) is -1.79. The molecule has 2 atom stereocenters. The number of fused-ring (bicyclic) bond motifs is 1. The Morgan fingerprint density at radius 2 is 1.60 bits per heavy atom. The molecule has 2 heterocycles. The van der Waals surface area contributed by atoms with Gasteiger partial charge in [0.15, 0.2) is 11.6 Å². The maximum Gasteiger partial charge on any atom is 0.166 e. The van der Waals surface area contributed by atoms with Crippen LogP contribution in [0.3, 0.4) is 0 Å². The maximum absolute atomic E-state index is 14.3. The van der Waals surface area contributed by atoms with Crippen LogP contribution in [-0.4, -0.2) is 26.1 Å². The van der Waals surface area contributed by atoms with Crippen molar-refractivity contribution in [3.63, 3.8) is 0 Å². The molecule has 1 saturated heterocycles. The van der Waals surface area contributed by atoms with Crippen LogP contribution in [0, 0.1) is 29.1 Å². The highest BCUT2D eigenvalue weighted by molar-refractivity contribution is 6.90. The maximum atomic E-state index is 14.3. The van der Waals surface area contributed by atoms with E-state index in [1.54, 1.807) is 12.1 Å². The van der Waals surface area contributed by atoms with Crippen molar-refractivity contribution in [3.8, 4) is 11.5 Å². The molecule has 0 amide bonds. The molecule has 1 aliphatic carbocycles. The molecular weight excluding hydrogens is 327 g/mol. The van der Waals surface area contributed by atoms with Gasteiger partial charge in [0.2, 0.25) is 0 Å². The van der Waals surface area contributed by atoms with Gasteiger partial charge >= 0.3 is 0 Å². The molecule has 0 bridgehead atoms. The number of nitrogens with zero attached hydrogens (tertiary/aromatic N) is 2. The van der Waals surface area contributed by atoms with Gasteiger partial charge in [-0.3, -0.25) is 0 Å². The van der Waals surface area contributed by atoms with E-state index in [4.69, 9.17) is 0 Å². The van der Waals surface area contributed by atoms with Crippen LogP contribution >= 0.6 is 0 Å². The second-order valence-corrected chi connectivity index (χ2v) is 14.4. The Kier molecular flexibility index (Phi) is 4.99. The number of hydrogen-bond donors (Lipinski definition) is 0. The van der Waals surface area contributed by atoms with E-state index >= 15 is 0 Å². The van der Waals surface area contributed by atoms with E-state index in [2.05, 4.69) is 62.9 Å². The van der Waals surface area contributed by atoms with Gasteiger partial charge in [0.1, 0.15) is 13.8 Å². The summed E-state index contributed by atoms with van der Waals surface area (Å²) in [6.07, 6.45) is 1.31. The SMILES string of the molecule is CC(C)[Si](C#Cc1ccc(F)c(N2CC3CC3C2)n1)(C(C)C)C(C)C. The van der Waals surface area contributed by atoms with Crippen molar-refractivity contribution >= 4 is 13.9 Å². The molecule has 2 nitrogen and oxygen atoms in total. The summed E-state index contributed by atoms with van der Waals surface area (Å²) in [6, 6.07) is 3.28. The van der Waals surface area contributed by atoms with Gasteiger partial charge in [0.25, 0.3) is 0 Å². The predicted octanol–water partition coefficient (Wildman–Crippen LogP) is 5.25. The molecule has 1 aromatic heterocycles. The minimum atomic E-state index is -1.79. The zero-order chi connectivity index (χ0) is 18.4. The van der Waals surface area contributed by atoms with Crippen LogP contribution in [0.25, 0.3) is 0 Å². The van der Waals surface area contributed by atoms with Gasteiger partial charge in [0, 0.05) is 13.1 Å². The van der Waals surface area contributed by atoms with Crippen molar-refractivity contribution in [1.29, 1.82) is 0 Å². The molecule has 1 saturated carbocycles. The molecule has 1 aliphatic heterocycles. The number of piperidine rings is 1. The Morgan fingerprint density at radius 1 is 1.04 bits per heavy atom. The lowest BCUT2D eigenvalue weighted by Crippen LogP contribution is -2.43. The first-order valence-electron chi connectivity index (χ1n) is 9.70. The molecule has 25 heavy (non-hydrogen) atoms. The topological polar surface area (TPSA) is 16.1 Å². The van der Waals surface area contributed by atoms with Gasteiger partial charge in [-0.2, -0.15) is 0 Å². The van der Waals surface area contributed by atoms with E-state index in [0.29, 0.717) is 22.4 Å². The monoisotopic (exact) mass is 358 g/mol. The lowest BCUT2D eigenvalue weighted by Gasteiger charge is -2.38. The van der Waals surface area contributed by atoms with Crippen molar-refractivity contribution in [2.24, 2.45) is 11.8 Å². The summed E-state index contributed by atoms with van der Waals surface area (Å²) < 4.78 is 14.3. The standard InChI is InChI=1S/C21H31FN2Si/c1-14(2)25(15(3)4,16(5)6)10-9-19-7-8-20(22)21(23-19)24-12-17-11-18(17)13-24/h7-8,14-18H,11-13H2,1-6H3. The van der Waals surface area contributed by atoms with Crippen LogP contribution in [-0.2, 0) is 0 Å². The molecule has 0 N–H and O–H groups in total. The third kappa shape index (κ3) is 3.36. The number of rotatable bonds is 4. The zero-order valence-electron chi connectivity index (χ0n) is 16.4. The van der Waals surface area contributed by atoms with Crippen molar-refractivity contribution < 1.29 is 4.39 Å². The Hall–Kier alpha value is -1.34. The molecule has 3 rings (SSSR count).